The highest BCUT2D eigenvalue weighted by Crippen LogP contribution is 2.18. The number of rotatable bonds is 6. The van der Waals surface area contributed by atoms with Crippen molar-refractivity contribution in [1.82, 2.24) is 4.98 Å². The summed E-state index contributed by atoms with van der Waals surface area (Å²) in [7, 11) is 0. The number of carbonyl (C=O) groups is 1. The van der Waals surface area contributed by atoms with Crippen LogP contribution >= 0.6 is 0 Å². The van der Waals surface area contributed by atoms with Gasteiger partial charge in [-0.3, -0.25) is 9.78 Å². The van der Waals surface area contributed by atoms with Gasteiger partial charge in [-0.25, -0.2) is 0 Å². The van der Waals surface area contributed by atoms with Crippen LogP contribution in [-0.4, -0.2) is 16.9 Å². The number of benzene rings is 1. The molecule has 0 fully saturated rings. The molecule has 2 rings (SSSR count). The van der Waals surface area contributed by atoms with E-state index in [2.05, 4.69) is 10.3 Å². The van der Waals surface area contributed by atoms with Crippen LogP contribution in [0.5, 0.6) is 5.75 Å². The Bertz CT molecular complexity index is 585. The van der Waals surface area contributed by atoms with Gasteiger partial charge in [0.1, 0.15) is 12.4 Å². The number of anilines is 1. The summed E-state index contributed by atoms with van der Waals surface area (Å²) in [5.41, 5.74) is 7.29. The smallest absolute Gasteiger partial charge is 0.225 e. The molecule has 1 aromatic carbocycles. The molecule has 0 aliphatic heterocycles. The molecule has 110 valence electrons. The van der Waals surface area contributed by atoms with E-state index < -0.39 is 0 Å². The molecular weight excluding hydrogens is 266 g/mol. The summed E-state index contributed by atoms with van der Waals surface area (Å²) in [6, 6.07) is 10.9. The van der Waals surface area contributed by atoms with Crippen molar-refractivity contribution < 1.29 is 9.53 Å². The van der Waals surface area contributed by atoms with Gasteiger partial charge < -0.3 is 15.8 Å². The summed E-state index contributed by atoms with van der Waals surface area (Å²) in [5.74, 6) is 0.590. The first-order chi connectivity index (χ1) is 10.1. The zero-order chi connectivity index (χ0) is 15.1. The van der Waals surface area contributed by atoms with E-state index in [0.717, 1.165) is 5.56 Å². The Morgan fingerprint density at radius 3 is 2.95 bits per heavy atom. The molecule has 0 bridgehead atoms. The normalized spacial score (nSPS) is 11.7. The van der Waals surface area contributed by atoms with Crippen LogP contribution in [-0.2, 0) is 11.4 Å². The largest absolute Gasteiger partial charge is 0.489 e. The van der Waals surface area contributed by atoms with E-state index in [4.69, 9.17) is 10.5 Å². The molecule has 0 saturated carbocycles. The average Bonchev–Trinajstić information content (AvgIpc) is 2.46. The molecule has 0 spiro atoms. The molecule has 3 N–H and O–H groups in total. The minimum Gasteiger partial charge on any atom is -0.489 e. The predicted octanol–water partition coefficient (Wildman–Crippen LogP) is 2.34. The van der Waals surface area contributed by atoms with Gasteiger partial charge in [0.25, 0.3) is 0 Å². The van der Waals surface area contributed by atoms with Crippen LogP contribution in [0.4, 0.5) is 5.69 Å². The average molecular weight is 285 g/mol. The maximum absolute atomic E-state index is 11.7. The van der Waals surface area contributed by atoms with Crippen LogP contribution in [0.2, 0.25) is 0 Å². The van der Waals surface area contributed by atoms with Crippen molar-refractivity contribution in [1.29, 1.82) is 0 Å². The van der Waals surface area contributed by atoms with Crippen LogP contribution in [0.3, 0.4) is 0 Å². The second-order valence-electron chi connectivity index (χ2n) is 4.91. The molecule has 0 saturated heterocycles. The number of amides is 1. The number of nitrogens with zero attached hydrogens (tertiary/aromatic N) is 1. The van der Waals surface area contributed by atoms with E-state index in [-0.39, 0.29) is 11.9 Å². The molecule has 5 heteroatoms. The first-order valence-electron chi connectivity index (χ1n) is 6.80. The van der Waals surface area contributed by atoms with Crippen molar-refractivity contribution in [3.63, 3.8) is 0 Å². The van der Waals surface area contributed by atoms with Crippen LogP contribution in [0.25, 0.3) is 0 Å². The number of pyridine rings is 1. The van der Waals surface area contributed by atoms with E-state index in [0.29, 0.717) is 24.5 Å². The number of aromatic nitrogens is 1. The van der Waals surface area contributed by atoms with E-state index >= 15 is 0 Å². The van der Waals surface area contributed by atoms with Crippen molar-refractivity contribution in [2.24, 2.45) is 5.73 Å². The number of hydrogen-bond donors (Lipinski definition) is 2. The lowest BCUT2D eigenvalue weighted by Gasteiger charge is -2.10. The lowest BCUT2D eigenvalue weighted by Crippen LogP contribution is -2.23. The molecule has 5 nitrogen and oxygen atoms in total. The van der Waals surface area contributed by atoms with Crippen LogP contribution < -0.4 is 15.8 Å². The summed E-state index contributed by atoms with van der Waals surface area (Å²) in [6.07, 6.45) is 3.77. The zero-order valence-corrected chi connectivity index (χ0v) is 12.0. The second kappa shape index (κ2) is 7.40. The Morgan fingerprint density at radius 2 is 2.24 bits per heavy atom. The third kappa shape index (κ3) is 5.24. The van der Waals surface area contributed by atoms with Crippen molar-refractivity contribution >= 4 is 11.6 Å². The minimum absolute atomic E-state index is 0.102. The standard InChI is InChI=1S/C16H19N3O2/c1-12(17)8-16(20)19-14-5-2-6-15(9-14)21-11-13-4-3-7-18-10-13/h2-7,9-10,12H,8,11,17H2,1H3,(H,19,20). The molecule has 0 aliphatic rings. The maximum atomic E-state index is 11.7. The number of carbonyl (C=O) groups excluding carboxylic acids is 1. The molecule has 1 aromatic heterocycles. The van der Waals surface area contributed by atoms with Gasteiger partial charge >= 0.3 is 0 Å². The summed E-state index contributed by atoms with van der Waals surface area (Å²) in [4.78, 5) is 15.7. The third-order valence-electron chi connectivity index (χ3n) is 2.75. The van der Waals surface area contributed by atoms with Crippen LogP contribution in [0.1, 0.15) is 18.9 Å². The molecule has 0 aliphatic carbocycles. The van der Waals surface area contributed by atoms with Gasteiger partial charge in [-0.2, -0.15) is 0 Å². The van der Waals surface area contributed by atoms with E-state index in [1.807, 2.05) is 30.3 Å². The van der Waals surface area contributed by atoms with E-state index in [9.17, 15) is 4.79 Å². The SMILES string of the molecule is CC(N)CC(=O)Nc1cccc(OCc2cccnc2)c1. The van der Waals surface area contributed by atoms with Crippen molar-refractivity contribution in [3.05, 3.63) is 54.4 Å². The molecule has 21 heavy (non-hydrogen) atoms. The van der Waals surface area contributed by atoms with Crippen LogP contribution in [0.15, 0.2) is 48.8 Å². The Morgan fingerprint density at radius 1 is 1.38 bits per heavy atom. The number of nitrogens with one attached hydrogen (secondary N) is 1. The van der Waals surface area contributed by atoms with Gasteiger partial charge in [0.2, 0.25) is 5.91 Å². The summed E-state index contributed by atoms with van der Waals surface area (Å²) in [6.45, 7) is 2.23. The quantitative estimate of drug-likeness (QED) is 0.854. The molecule has 0 radical (unpaired) electrons. The lowest BCUT2D eigenvalue weighted by atomic mass is 10.2. The minimum atomic E-state index is -0.157. The topological polar surface area (TPSA) is 77.2 Å². The number of ether oxygens (including phenoxy) is 1. The van der Waals surface area contributed by atoms with Gasteiger partial charge in [0.05, 0.1) is 0 Å². The first-order valence-corrected chi connectivity index (χ1v) is 6.80. The zero-order valence-electron chi connectivity index (χ0n) is 12.0. The van der Waals surface area contributed by atoms with Crippen LogP contribution in [0, 0.1) is 0 Å². The van der Waals surface area contributed by atoms with Crippen molar-refractivity contribution in [2.45, 2.75) is 26.0 Å². The molecule has 1 unspecified atom stereocenters. The summed E-state index contributed by atoms with van der Waals surface area (Å²) >= 11 is 0. The monoisotopic (exact) mass is 285 g/mol. The summed E-state index contributed by atoms with van der Waals surface area (Å²) in [5, 5.41) is 2.80. The second-order valence-corrected chi connectivity index (χ2v) is 4.91. The molecular formula is C16H19N3O2. The highest BCUT2D eigenvalue weighted by atomic mass is 16.5. The van der Waals surface area contributed by atoms with E-state index in [1.165, 1.54) is 0 Å². The van der Waals surface area contributed by atoms with Crippen molar-refractivity contribution in [3.8, 4) is 5.75 Å². The van der Waals surface area contributed by atoms with Gasteiger partial charge in [0, 0.05) is 42.2 Å². The molecule has 1 heterocycles. The Hall–Kier alpha value is -2.40. The fourth-order valence-electron chi connectivity index (χ4n) is 1.82. The predicted molar refractivity (Wildman–Crippen MR) is 81.9 cm³/mol. The fourth-order valence-corrected chi connectivity index (χ4v) is 1.82. The lowest BCUT2D eigenvalue weighted by molar-refractivity contribution is -0.116. The molecule has 1 amide bonds. The number of nitrogens with two attached hydrogens (primary N) is 1. The van der Waals surface area contributed by atoms with Crippen molar-refractivity contribution in [2.75, 3.05) is 5.32 Å². The van der Waals surface area contributed by atoms with Gasteiger partial charge in [-0.15, -0.1) is 0 Å². The number of hydrogen-bond acceptors (Lipinski definition) is 4. The third-order valence-corrected chi connectivity index (χ3v) is 2.75. The van der Waals surface area contributed by atoms with Gasteiger partial charge in [-0.1, -0.05) is 12.1 Å². The Balaban J connectivity index is 1.93. The highest BCUT2D eigenvalue weighted by molar-refractivity contribution is 5.91. The highest BCUT2D eigenvalue weighted by Gasteiger charge is 2.06. The Labute approximate surface area is 124 Å². The van der Waals surface area contributed by atoms with E-state index in [1.54, 1.807) is 25.4 Å². The fraction of sp³-hybridized carbons (Fsp3) is 0.250. The van der Waals surface area contributed by atoms with Gasteiger partial charge in [0.15, 0.2) is 0 Å². The Kier molecular flexibility index (Phi) is 5.29. The molecule has 2 aromatic rings. The molecule has 1 atom stereocenters. The summed E-state index contributed by atoms with van der Waals surface area (Å²) < 4.78 is 5.68. The first kappa shape index (κ1) is 15.0. The maximum Gasteiger partial charge on any atom is 0.225 e. The van der Waals surface area contributed by atoms with Gasteiger partial charge in [-0.05, 0) is 25.1 Å².